The third-order valence-corrected chi connectivity index (χ3v) is 7.98. The Morgan fingerprint density at radius 3 is 0.642 bits per heavy atom. The van der Waals surface area contributed by atoms with E-state index in [0.717, 1.165) is 19.6 Å². The predicted octanol–water partition coefficient (Wildman–Crippen LogP) is 5.50. The Balaban J connectivity index is 3.05. The third kappa shape index (κ3) is 51.5. The summed E-state index contributed by atoms with van der Waals surface area (Å²) in [4.78, 5) is 0. The molecule has 0 atom stereocenters. The molecule has 0 saturated carbocycles. The van der Waals surface area contributed by atoms with Crippen molar-refractivity contribution in [1.82, 2.24) is 5.32 Å². The van der Waals surface area contributed by atoms with Crippen molar-refractivity contribution in [3.63, 3.8) is 0 Å². The summed E-state index contributed by atoms with van der Waals surface area (Å²) in [6.45, 7) is 16.7. The molecule has 0 rings (SSSR count). The highest BCUT2D eigenvalue weighted by molar-refractivity contribution is 4.49. The minimum Gasteiger partial charge on any atom is -0.379 e. The van der Waals surface area contributed by atoms with Crippen molar-refractivity contribution >= 4 is 0 Å². The smallest absolute Gasteiger partial charge is 0.0701 e. The minimum atomic E-state index is 0.520. The summed E-state index contributed by atoms with van der Waals surface area (Å²) in [5, 5.41) is 3.02. The van der Waals surface area contributed by atoms with E-state index in [1.165, 1.54) is 77.0 Å². The van der Waals surface area contributed by atoms with Gasteiger partial charge in [-0.15, -0.1) is 0 Å². The highest BCUT2D eigenvalue weighted by Crippen LogP contribution is 2.12. The van der Waals surface area contributed by atoms with Crippen LogP contribution in [0, 0.1) is 0 Å². The lowest BCUT2D eigenvalue weighted by molar-refractivity contribution is -0.0283. The molecule has 0 aliphatic rings. The topological polar surface area (TPSA) is 123 Å². The standard InChI is InChI=1S/C40H83NO12/c1-3-4-5-6-7-8-9-10-11-12-13-14-15-17-42-19-21-44-23-25-46-27-29-48-31-33-50-35-37-52-39-40-53-38-36-51-34-32-49-30-28-47-26-24-45-22-20-43-18-16-41-2/h41H,3-40H2,1-2H3. The molecule has 0 aliphatic carbocycles. The molecule has 0 fully saturated rings. The van der Waals surface area contributed by atoms with E-state index in [-0.39, 0.29) is 0 Å². The molecule has 1 N–H and O–H groups in total. The van der Waals surface area contributed by atoms with E-state index in [2.05, 4.69) is 12.2 Å². The van der Waals surface area contributed by atoms with E-state index in [1.54, 1.807) is 0 Å². The van der Waals surface area contributed by atoms with Gasteiger partial charge in [-0.3, -0.25) is 0 Å². The summed E-state index contributed by atoms with van der Waals surface area (Å²) in [5.74, 6) is 0. The van der Waals surface area contributed by atoms with Gasteiger partial charge in [-0.1, -0.05) is 84.0 Å². The first kappa shape index (κ1) is 52.5. The Labute approximate surface area is 324 Å². The largest absolute Gasteiger partial charge is 0.379 e. The minimum absolute atomic E-state index is 0.520. The second-order valence-electron chi connectivity index (χ2n) is 12.7. The Bertz CT molecular complexity index is 576. The van der Waals surface area contributed by atoms with Crippen LogP contribution in [-0.4, -0.2) is 172 Å². The fraction of sp³-hybridized carbons (Fsp3) is 1.00. The zero-order valence-corrected chi connectivity index (χ0v) is 34.3. The van der Waals surface area contributed by atoms with Crippen LogP contribution >= 0.6 is 0 Å². The molecule has 0 aromatic rings. The Morgan fingerprint density at radius 2 is 0.415 bits per heavy atom. The monoisotopic (exact) mass is 770 g/mol. The lowest BCUT2D eigenvalue weighted by atomic mass is 10.0. The molecule has 0 spiro atoms. The quantitative estimate of drug-likeness (QED) is 0.0786. The molecular formula is C40H83NO12. The zero-order valence-electron chi connectivity index (χ0n) is 34.3. The maximum absolute atomic E-state index is 5.68. The SMILES string of the molecule is CCCCCCCCCCCCCCCOCCOCCOCCOCCOCCOCCOCCOCCOCCOCCOCCOCCNC. The normalized spacial score (nSPS) is 11.7. The predicted molar refractivity (Wildman–Crippen MR) is 209 cm³/mol. The summed E-state index contributed by atoms with van der Waals surface area (Å²) in [6.07, 6.45) is 17.8. The average Bonchev–Trinajstić information content (AvgIpc) is 3.17. The van der Waals surface area contributed by atoms with E-state index >= 15 is 0 Å². The van der Waals surface area contributed by atoms with Crippen molar-refractivity contribution in [2.24, 2.45) is 0 Å². The first-order valence-corrected chi connectivity index (χ1v) is 21.0. The van der Waals surface area contributed by atoms with Crippen molar-refractivity contribution < 1.29 is 56.8 Å². The molecular weight excluding hydrogens is 686 g/mol. The Kier molecular flexibility index (Phi) is 51.0. The van der Waals surface area contributed by atoms with Crippen LogP contribution < -0.4 is 5.32 Å². The number of unbranched alkanes of at least 4 members (excludes halogenated alkanes) is 12. The highest BCUT2D eigenvalue weighted by Gasteiger charge is 1.98. The van der Waals surface area contributed by atoms with Crippen LogP contribution in [0.4, 0.5) is 0 Å². The number of nitrogens with one attached hydrogen (secondary N) is 1. The van der Waals surface area contributed by atoms with Crippen LogP contribution in [0.2, 0.25) is 0 Å². The fourth-order valence-electron chi connectivity index (χ4n) is 4.92. The van der Waals surface area contributed by atoms with Gasteiger partial charge in [0.25, 0.3) is 0 Å². The Morgan fingerprint density at radius 1 is 0.226 bits per heavy atom. The lowest BCUT2D eigenvalue weighted by Crippen LogP contribution is -2.17. The average molecular weight is 770 g/mol. The first-order chi connectivity index (χ1) is 26.4. The Hall–Kier alpha value is -0.520. The summed E-state index contributed by atoms with van der Waals surface area (Å²) < 4.78 is 66.1. The molecule has 53 heavy (non-hydrogen) atoms. The van der Waals surface area contributed by atoms with Gasteiger partial charge in [-0.2, -0.15) is 0 Å². The summed E-state index contributed by atoms with van der Waals surface area (Å²) in [6, 6.07) is 0. The third-order valence-electron chi connectivity index (χ3n) is 7.98. The second kappa shape index (κ2) is 51.5. The van der Waals surface area contributed by atoms with Crippen LogP contribution in [0.5, 0.6) is 0 Å². The molecule has 0 saturated heterocycles. The first-order valence-electron chi connectivity index (χ1n) is 21.0. The molecule has 0 bridgehead atoms. The summed E-state index contributed by atoms with van der Waals surface area (Å²) in [5.41, 5.74) is 0. The van der Waals surface area contributed by atoms with Crippen LogP contribution in [0.3, 0.4) is 0 Å². The van der Waals surface area contributed by atoms with Gasteiger partial charge in [0.15, 0.2) is 0 Å². The molecule has 0 radical (unpaired) electrons. The molecule has 0 aromatic carbocycles. The summed E-state index contributed by atoms with van der Waals surface area (Å²) in [7, 11) is 1.90. The lowest BCUT2D eigenvalue weighted by Gasteiger charge is -2.09. The zero-order chi connectivity index (χ0) is 38.1. The van der Waals surface area contributed by atoms with E-state index in [1.807, 2.05) is 7.05 Å². The van der Waals surface area contributed by atoms with Crippen molar-refractivity contribution in [1.29, 1.82) is 0 Å². The van der Waals surface area contributed by atoms with Crippen LogP contribution in [0.1, 0.15) is 90.4 Å². The van der Waals surface area contributed by atoms with Gasteiger partial charge in [0.1, 0.15) is 0 Å². The van der Waals surface area contributed by atoms with Crippen LogP contribution in [-0.2, 0) is 56.8 Å². The fourth-order valence-corrected chi connectivity index (χ4v) is 4.92. The van der Waals surface area contributed by atoms with Gasteiger partial charge >= 0.3 is 0 Å². The molecule has 13 heteroatoms. The van der Waals surface area contributed by atoms with E-state index in [9.17, 15) is 0 Å². The molecule has 0 aliphatic heterocycles. The van der Waals surface area contributed by atoms with Gasteiger partial charge in [0.05, 0.1) is 152 Å². The molecule has 0 aromatic heterocycles. The molecule has 0 unspecified atom stereocenters. The van der Waals surface area contributed by atoms with Gasteiger partial charge < -0.3 is 62.2 Å². The van der Waals surface area contributed by atoms with E-state index in [0.29, 0.717) is 152 Å². The van der Waals surface area contributed by atoms with Gasteiger partial charge in [-0.25, -0.2) is 0 Å². The maximum atomic E-state index is 5.68. The van der Waals surface area contributed by atoms with E-state index in [4.69, 9.17) is 56.8 Å². The number of ether oxygens (including phenoxy) is 12. The maximum Gasteiger partial charge on any atom is 0.0701 e. The second-order valence-corrected chi connectivity index (χ2v) is 12.7. The van der Waals surface area contributed by atoms with Crippen molar-refractivity contribution in [2.75, 3.05) is 172 Å². The number of rotatable bonds is 50. The number of hydrogen-bond donors (Lipinski definition) is 1. The van der Waals surface area contributed by atoms with Gasteiger partial charge in [0, 0.05) is 13.2 Å². The van der Waals surface area contributed by atoms with Crippen LogP contribution in [0.25, 0.3) is 0 Å². The van der Waals surface area contributed by atoms with Gasteiger partial charge in [0.2, 0.25) is 0 Å². The van der Waals surface area contributed by atoms with E-state index < -0.39 is 0 Å². The highest BCUT2D eigenvalue weighted by atomic mass is 16.6. The van der Waals surface area contributed by atoms with Crippen molar-refractivity contribution in [3.05, 3.63) is 0 Å². The molecule has 320 valence electrons. The van der Waals surface area contributed by atoms with Crippen molar-refractivity contribution in [2.45, 2.75) is 90.4 Å². The molecule has 0 heterocycles. The summed E-state index contributed by atoms with van der Waals surface area (Å²) >= 11 is 0. The van der Waals surface area contributed by atoms with Crippen LogP contribution in [0.15, 0.2) is 0 Å². The van der Waals surface area contributed by atoms with Gasteiger partial charge in [-0.05, 0) is 13.5 Å². The van der Waals surface area contributed by atoms with Crippen molar-refractivity contribution in [3.8, 4) is 0 Å². The number of likely N-dealkylation sites (N-methyl/N-ethyl adjacent to an activating group) is 1. The molecule has 13 nitrogen and oxygen atoms in total. The number of hydrogen-bond acceptors (Lipinski definition) is 13. The molecule has 0 amide bonds.